The van der Waals surface area contributed by atoms with Crippen LogP contribution in [-0.4, -0.2) is 36.2 Å². The lowest BCUT2D eigenvalue weighted by Gasteiger charge is -2.24. The average molecular weight is 304 g/mol. The molecular formula is C18H28N2O2. The van der Waals surface area contributed by atoms with E-state index in [1.807, 2.05) is 31.7 Å². The van der Waals surface area contributed by atoms with Gasteiger partial charge in [0.1, 0.15) is 5.60 Å². The third-order valence-corrected chi connectivity index (χ3v) is 3.95. The van der Waals surface area contributed by atoms with Crippen molar-refractivity contribution in [3.63, 3.8) is 0 Å². The molecule has 1 aromatic rings. The molecule has 2 atom stereocenters. The maximum absolute atomic E-state index is 12.0. The summed E-state index contributed by atoms with van der Waals surface area (Å²) in [6, 6.07) is 10.8. The number of likely N-dealkylation sites (tertiary alicyclic amines) is 1. The largest absolute Gasteiger partial charge is 0.444 e. The Morgan fingerprint density at radius 1 is 1.36 bits per heavy atom. The van der Waals surface area contributed by atoms with Crippen molar-refractivity contribution in [1.82, 2.24) is 10.2 Å². The Labute approximate surface area is 133 Å². The van der Waals surface area contributed by atoms with Crippen LogP contribution in [0.5, 0.6) is 0 Å². The van der Waals surface area contributed by atoms with Crippen molar-refractivity contribution in [3.05, 3.63) is 35.9 Å². The van der Waals surface area contributed by atoms with E-state index in [4.69, 9.17) is 4.74 Å². The maximum Gasteiger partial charge on any atom is 0.410 e. The van der Waals surface area contributed by atoms with Gasteiger partial charge in [0.2, 0.25) is 0 Å². The number of rotatable bonds is 4. The lowest BCUT2D eigenvalue weighted by Crippen LogP contribution is -2.36. The summed E-state index contributed by atoms with van der Waals surface area (Å²) in [6.07, 6.45) is 0.847. The zero-order valence-corrected chi connectivity index (χ0v) is 14.1. The number of hydrogen-bond donors (Lipinski definition) is 1. The zero-order chi connectivity index (χ0) is 16.2. The second-order valence-corrected chi connectivity index (χ2v) is 7.12. The molecule has 0 unspecified atom stereocenters. The van der Waals surface area contributed by atoms with E-state index in [0.717, 1.165) is 26.1 Å². The quantitative estimate of drug-likeness (QED) is 0.924. The molecule has 1 aliphatic heterocycles. The van der Waals surface area contributed by atoms with Gasteiger partial charge in [0.25, 0.3) is 0 Å². The third kappa shape index (κ3) is 5.02. The van der Waals surface area contributed by atoms with Crippen molar-refractivity contribution in [1.29, 1.82) is 0 Å². The minimum absolute atomic E-state index is 0.189. The zero-order valence-electron chi connectivity index (χ0n) is 14.1. The molecule has 1 aliphatic rings. The molecule has 1 saturated heterocycles. The molecule has 1 N–H and O–H groups in total. The van der Waals surface area contributed by atoms with Crippen LogP contribution in [0, 0.1) is 5.92 Å². The van der Waals surface area contributed by atoms with Gasteiger partial charge in [-0.05, 0) is 45.6 Å². The van der Waals surface area contributed by atoms with Gasteiger partial charge in [-0.15, -0.1) is 0 Å². The van der Waals surface area contributed by atoms with Crippen LogP contribution in [0.25, 0.3) is 0 Å². The topological polar surface area (TPSA) is 41.6 Å². The van der Waals surface area contributed by atoms with E-state index < -0.39 is 5.60 Å². The van der Waals surface area contributed by atoms with E-state index in [1.165, 1.54) is 5.56 Å². The highest BCUT2D eigenvalue weighted by Crippen LogP contribution is 2.20. The summed E-state index contributed by atoms with van der Waals surface area (Å²) in [5.41, 5.74) is 0.874. The van der Waals surface area contributed by atoms with Gasteiger partial charge in [0.05, 0.1) is 0 Å². The Kier molecular flexibility index (Phi) is 5.46. The summed E-state index contributed by atoms with van der Waals surface area (Å²) < 4.78 is 5.43. The van der Waals surface area contributed by atoms with Gasteiger partial charge in [-0.25, -0.2) is 4.79 Å². The normalized spacial score (nSPS) is 20.0. The molecule has 0 saturated carbocycles. The van der Waals surface area contributed by atoms with E-state index in [1.54, 1.807) is 0 Å². The molecule has 1 amide bonds. The molecule has 122 valence electrons. The first-order chi connectivity index (χ1) is 10.3. The van der Waals surface area contributed by atoms with Crippen LogP contribution in [0.3, 0.4) is 0 Å². The van der Waals surface area contributed by atoms with E-state index in [9.17, 15) is 4.79 Å². The molecule has 1 heterocycles. The number of benzene rings is 1. The number of carbonyl (C=O) groups excluding carboxylic acids is 1. The minimum atomic E-state index is -0.421. The summed E-state index contributed by atoms with van der Waals surface area (Å²) in [4.78, 5) is 13.9. The van der Waals surface area contributed by atoms with Crippen molar-refractivity contribution in [2.75, 3.05) is 19.6 Å². The summed E-state index contributed by atoms with van der Waals surface area (Å²) in [5.74, 6) is 0.499. The minimum Gasteiger partial charge on any atom is -0.444 e. The predicted octanol–water partition coefficient (Wildman–Crippen LogP) is 3.59. The first-order valence-corrected chi connectivity index (χ1v) is 8.11. The lowest BCUT2D eigenvalue weighted by molar-refractivity contribution is 0.0288. The van der Waals surface area contributed by atoms with Gasteiger partial charge in [0, 0.05) is 25.7 Å². The van der Waals surface area contributed by atoms with Gasteiger partial charge in [-0.3, -0.25) is 0 Å². The number of nitrogens with zero attached hydrogens (tertiary/aromatic N) is 1. The maximum atomic E-state index is 12.0. The van der Waals surface area contributed by atoms with Crippen molar-refractivity contribution < 1.29 is 9.53 Å². The smallest absolute Gasteiger partial charge is 0.410 e. The number of carbonyl (C=O) groups is 1. The Morgan fingerprint density at radius 3 is 2.68 bits per heavy atom. The Balaban J connectivity index is 1.76. The van der Waals surface area contributed by atoms with Gasteiger partial charge in [-0.1, -0.05) is 30.3 Å². The molecular weight excluding hydrogens is 276 g/mol. The monoisotopic (exact) mass is 304 g/mol. The second kappa shape index (κ2) is 7.14. The Hall–Kier alpha value is -1.55. The number of ether oxygens (including phenoxy) is 1. The molecule has 2 rings (SSSR count). The molecule has 0 bridgehead atoms. The summed E-state index contributed by atoms with van der Waals surface area (Å²) in [6.45, 7) is 10.4. The van der Waals surface area contributed by atoms with E-state index >= 15 is 0 Å². The van der Waals surface area contributed by atoms with Crippen molar-refractivity contribution in [2.45, 2.75) is 45.8 Å². The third-order valence-electron chi connectivity index (χ3n) is 3.95. The lowest BCUT2D eigenvalue weighted by atomic mass is 10.1. The van der Waals surface area contributed by atoms with E-state index in [2.05, 4.69) is 36.5 Å². The molecule has 1 fully saturated rings. The van der Waals surface area contributed by atoms with Crippen LogP contribution in [0.2, 0.25) is 0 Å². The van der Waals surface area contributed by atoms with Crippen molar-refractivity contribution in [3.8, 4) is 0 Å². The molecule has 0 aromatic heterocycles. The number of amides is 1. The summed E-state index contributed by atoms with van der Waals surface area (Å²) in [5, 5.41) is 3.57. The fraction of sp³-hybridized carbons (Fsp3) is 0.611. The van der Waals surface area contributed by atoms with Crippen molar-refractivity contribution >= 4 is 6.09 Å². The molecule has 0 radical (unpaired) electrons. The van der Waals surface area contributed by atoms with Gasteiger partial charge in [0.15, 0.2) is 0 Å². The molecule has 4 heteroatoms. The Morgan fingerprint density at radius 2 is 2.05 bits per heavy atom. The fourth-order valence-electron chi connectivity index (χ4n) is 2.69. The number of nitrogens with one attached hydrogen (secondary N) is 1. The van der Waals surface area contributed by atoms with Crippen molar-refractivity contribution in [2.24, 2.45) is 5.92 Å². The van der Waals surface area contributed by atoms with Crippen LogP contribution in [0.15, 0.2) is 30.3 Å². The second-order valence-electron chi connectivity index (χ2n) is 7.12. The first kappa shape index (κ1) is 16.8. The summed E-state index contributed by atoms with van der Waals surface area (Å²) >= 11 is 0. The number of hydrogen-bond acceptors (Lipinski definition) is 3. The SMILES string of the molecule is C[C@@H](NC[C@@H]1CCN(C(=O)OC(C)(C)C)C1)c1ccccc1. The molecule has 1 aromatic carbocycles. The molecule has 22 heavy (non-hydrogen) atoms. The van der Waals surface area contributed by atoms with Gasteiger partial charge >= 0.3 is 6.09 Å². The molecule has 0 aliphatic carbocycles. The molecule has 4 nitrogen and oxygen atoms in total. The van der Waals surface area contributed by atoms with Crippen LogP contribution < -0.4 is 5.32 Å². The van der Waals surface area contributed by atoms with E-state index in [-0.39, 0.29) is 6.09 Å². The highest BCUT2D eigenvalue weighted by Gasteiger charge is 2.29. The molecule has 0 spiro atoms. The summed E-state index contributed by atoms with van der Waals surface area (Å²) in [7, 11) is 0. The average Bonchev–Trinajstić information content (AvgIpc) is 2.93. The van der Waals surface area contributed by atoms with Crippen LogP contribution >= 0.6 is 0 Å². The highest BCUT2D eigenvalue weighted by molar-refractivity contribution is 5.68. The fourth-order valence-corrected chi connectivity index (χ4v) is 2.69. The van der Waals surface area contributed by atoms with Crippen LogP contribution in [0.1, 0.15) is 45.7 Å². The van der Waals surface area contributed by atoms with Gasteiger partial charge < -0.3 is 15.0 Å². The standard InChI is InChI=1S/C18H28N2O2/c1-14(16-8-6-5-7-9-16)19-12-15-10-11-20(13-15)17(21)22-18(2,3)4/h5-9,14-15,19H,10-13H2,1-4H3/t14-,15+/m1/s1. The first-order valence-electron chi connectivity index (χ1n) is 8.11. The predicted molar refractivity (Wildman–Crippen MR) is 88.8 cm³/mol. The highest BCUT2D eigenvalue weighted by atomic mass is 16.6. The Bertz CT molecular complexity index is 482. The van der Waals surface area contributed by atoms with Crippen LogP contribution in [0.4, 0.5) is 4.79 Å². The van der Waals surface area contributed by atoms with Gasteiger partial charge in [-0.2, -0.15) is 0 Å². The van der Waals surface area contributed by atoms with Crippen LogP contribution in [-0.2, 0) is 4.74 Å². The van der Waals surface area contributed by atoms with E-state index in [0.29, 0.717) is 12.0 Å².